The molecule has 1 saturated heterocycles. The summed E-state index contributed by atoms with van der Waals surface area (Å²) in [7, 11) is 0. The number of nitrogens with one attached hydrogen (secondary N) is 1. The lowest BCUT2D eigenvalue weighted by atomic mass is 9.64. The van der Waals surface area contributed by atoms with E-state index in [0.717, 1.165) is 83.1 Å². The fourth-order valence-corrected chi connectivity index (χ4v) is 9.03. The summed E-state index contributed by atoms with van der Waals surface area (Å²) in [4.78, 5) is 41.0. The lowest BCUT2D eigenvalue weighted by Gasteiger charge is -2.60. The monoisotopic (exact) mass is 595 g/mol. The molecule has 0 bridgehead atoms. The van der Waals surface area contributed by atoms with Gasteiger partial charge in [-0.05, 0) is 83.8 Å². The van der Waals surface area contributed by atoms with Crippen molar-refractivity contribution in [1.82, 2.24) is 25.1 Å². The van der Waals surface area contributed by atoms with Gasteiger partial charge in [-0.2, -0.15) is 0 Å². The largest absolute Gasteiger partial charge is 0.370 e. The summed E-state index contributed by atoms with van der Waals surface area (Å²) in [6, 6.07) is -0.112. The first-order chi connectivity index (χ1) is 20.9. The maximum atomic E-state index is 16.4. The third-order valence-electron chi connectivity index (χ3n) is 11.3. The van der Waals surface area contributed by atoms with E-state index in [0.29, 0.717) is 0 Å². The van der Waals surface area contributed by atoms with E-state index in [1.54, 1.807) is 12.4 Å². The Balaban J connectivity index is 1.21. The van der Waals surface area contributed by atoms with Crippen LogP contribution in [0.1, 0.15) is 96.6 Å². The van der Waals surface area contributed by atoms with E-state index in [1.165, 1.54) is 0 Å². The SMILES string of the molecule is CCN(CC)CCCC(C)NC(=O)C1=CN2C3CCCCC3OC3C(C4CCC(c5cnccn5)C4)C(F)CC(C1=O)C32. The van der Waals surface area contributed by atoms with Crippen molar-refractivity contribution in [3.8, 4) is 0 Å². The molecule has 3 heterocycles. The molecule has 9 heteroatoms. The van der Waals surface area contributed by atoms with Crippen LogP contribution < -0.4 is 5.32 Å². The normalized spacial score (nSPS) is 36.1. The number of hydrogen-bond donors (Lipinski definition) is 1. The number of hydrogen-bond acceptors (Lipinski definition) is 7. The van der Waals surface area contributed by atoms with E-state index >= 15 is 4.39 Å². The second-order valence-electron chi connectivity index (χ2n) is 13.7. The number of carbonyl (C=O) groups is 2. The number of amides is 1. The van der Waals surface area contributed by atoms with Gasteiger partial charge in [0.15, 0.2) is 5.78 Å². The quantitative estimate of drug-likeness (QED) is 0.389. The van der Waals surface area contributed by atoms with Crippen LogP contribution >= 0.6 is 0 Å². The number of fused-ring (bicyclic) bond motifs is 2. The molecule has 5 aliphatic rings. The molecule has 1 aromatic rings. The van der Waals surface area contributed by atoms with Crippen molar-refractivity contribution < 1.29 is 18.7 Å². The van der Waals surface area contributed by atoms with Crippen molar-refractivity contribution in [2.24, 2.45) is 17.8 Å². The number of rotatable bonds is 10. The van der Waals surface area contributed by atoms with Crippen LogP contribution in [0.15, 0.2) is 30.4 Å². The molecule has 1 aromatic heterocycles. The molecule has 10 atom stereocenters. The number of aromatic nitrogens is 2. The van der Waals surface area contributed by atoms with Gasteiger partial charge >= 0.3 is 0 Å². The Hall–Kier alpha value is -2.39. The highest BCUT2D eigenvalue weighted by Crippen LogP contribution is 2.53. The van der Waals surface area contributed by atoms with E-state index in [-0.39, 0.29) is 71.8 Å². The molecule has 8 nitrogen and oxygen atoms in total. The Morgan fingerprint density at radius 1 is 1.16 bits per heavy atom. The number of Topliss-reactive ketones (excluding diaryl/α,β-unsaturated/α-hetero) is 1. The first kappa shape index (κ1) is 30.6. The van der Waals surface area contributed by atoms with E-state index in [2.05, 4.69) is 38.9 Å². The Labute approximate surface area is 256 Å². The molecule has 0 radical (unpaired) electrons. The minimum atomic E-state index is -1.13. The zero-order chi connectivity index (χ0) is 30.1. The van der Waals surface area contributed by atoms with Gasteiger partial charge in [-0.25, -0.2) is 4.39 Å². The van der Waals surface area contributed by atoms with E-state index in [4.69, 9.17) is 4.74 Å². The van der Waals surface area contributed by atoms with Crippen LogP contribution in [-0.2, 0) is 14.3 Å². The smallest absolute Gasteiger partial charge is 0.256 e. The molecule has 236 valence electrons. The van der Waals surface area contributed by atoms with Crippen LogP contribution in [0.2, 0.25) is 0 Å². The highest BCUT2D eigenvalue weighted by Gasteiger charge is 2.60. The molecule has 6 rings (SSSR count). The van der Waals surface area contributed by atoms with Crippen molar-refractivity contribution in [2.75, 3.05) is 19.6 Å². The summed E-state index contributed by atoms with van der Waals surface area (Å²) in [5, 5.41) is 3.11. The maximum absolute atomic E-state index is 16.4. The molecular formula is C34H50FN5O3. The number of nitrogens with zero attached hydrogens (tertiary/aromatic N) is 4. The second-order valence-corrected chi connectivity index (χ2v) is 13.7. The van der Waals surface area contributed by atoms with Crippen molar-refractivity contribution in [1.29, 1.82) is 0 Å². The van der Waals surface area contributed by atoms with Gasteiger partial charge in [0.25, 0.3) is 5.91 Å². The molecule has 1 N–H and O–H groups in total. The third-order valence-corrected chi connectivity index (χ3v) is 11.3. The van der Waals surface area contributed by atoms with E-state index in [9.17, 15) is 9.59 Å². The van der Waals surface area contributed by atoms with Crippen molar-refractivity contribution >= 4 is 11.7 Å². The standard InChI is InChI=1S/C34H50FN5O3/c1-4-39(5-2)16-8-9-21(3)38-34(42)25-20-40-28-10-6-7-11-29(28)43-33-30(26(35)18-24(31(33)40)32(25)41)23-13-12-22(17-23)27-19-36-14-15-37-27/h14-15,19-24,26,28-31,33H,4-13,16-18H2,1-3H3,(H,38,42). The van der Waals surface area contributed by atoms with Gasteiger partial charge in [-0.1, -0.05) is 26.7 Å². The van der Waals surface area contributed by atoms with Crippen LogP contribution in [-0.4, -0.2) is 87.6 Å². The number of alkyl halides is 1. The van der Waals surface area contributed by atoms with Gasteiger partial charge in [0.2, 0.25) is 0 Å². The molecular weight excluding hydrogens is 545 g/mol. The van der Waals surface area contributed by atoms with Crippen LogP contribution in [0.5, 0.6) is 0 Å². The first-order valence-corrected chi connectivity index (χ1v) is 17.0. The van der Waals surface area contributed by atoms with Crippen LogP contribution in [0.3, 0.4) is 0 Å². The highest BCUT2D eigenvalue weighted by atomic mass is 19.1. The van der Waals surface area contributed by atoms with Crippen molar-refractivity contribution in [3.05, 3.63) is 36.1 Å². The number of ether oxygens (including phenoxy) is 1. The molecule has 10 unspecified atom stereocenters. The highest BCUT2D eigenvalue weighted by molar-refractivity contribution is 6.20. The van der Waals surface area contributed by atoms with Gasteiger partial charge in [-0.3, -0.25) is 19.6 Å². The summed E-state index contributed by atoms with van der Waals surface area (Å²) < 4.78 is 23.2. The predicted molar refractivity (Wildman–Crippen MR) is 163 cm³/mol. The van der Waals surface area contributed by atoms with Gasteiger partial charge in [0.1, 0.15) is 6.17 Å². The first-order valence-electron chi connectivity index (χ1n) is 17.0. The summed E-state index contributed by atoms with van der Waals surface area (Å²) in [6.45, 7) is 9.37. The Morgan fingerprint density at radius 3 is 2.74 bits per heavy atom. The maximum Gasteiger partial charge on any atom is 0.256 e. The predicted octanol–water partition coefficient (Wildman–Crippen LogP) is 4.81. The fourth-order valence-electron chi connectivity index (χ4n) is 9.03. The third kappa shape index (κ3) is 6.13. The molecule has 4 fully saturated rings. The zero-order valence-corrected chi connectivity index (χ0v) is 26.2. The number of halogens is 1. The van der Waals surface area contributed by atoms with Gasteiger partial charge in [-0.15, -0.1) is 0 Å². The van der Waals surface area contributed by atoms with Crippen molar-refractivity contribution in [3.63, 3.8) is 0 Å². The molecule has 3 aliphatic carbocycles. The minimum absolute atomic E-state index is 0.00778. The van der Waals surface area contributed by atoms with Crippen LogP contribution in [0.4, 0.5) is 4.39 Å². The van der Waals surface area contributed by atoms with E-state index < -0.39 is 12.1 Å². The summed E-state index contributed by atoms with van der Waals surface area (Å²) in [6.07, 6.45) is 14.5. The summed E-state index contributed by atoms with van der Waals surface area (Å²) in [5.74, 6) is -0.870. The second kappa shape index (κ2) is 13.3. The molecule has 1 amide bonds. The average Bonchev–Trinajstić information content (AvgIpc) is 3.50. The van der Waals surface area contributed by atoms with Crippen molar-refractivity contribution in [2.45, 2.75) is 127 Å². The molecule has 3 saturated carbocycles. The topological polar surface area (TPSA) is 87.7 Å². The summed E-state index contributed by atoms with van der Waals surface area (Å²) in [5.41, 5.74) is 1.19. The summed E-state index contributed by atoms with van der Waals surface area (Å²) >= 11 is 0. The fraction of sp³-hybridized carbons (Fsp3) is 0.765. The average molecular weight is 596 g/mol. The zero-order valence-electron chi connectivity index (χ0n) is 26.2. The molecule has 43 heavy (non-hydrogen) atoms. The molecule has 2 aliphatic heterocycles. The number of morpholine rings is 1. The molecule has 0 spiro atoms. The van der Waals surface area contributed by atoms with Gasteiger partial charge in [0, 0.05) is 48.6 Å². The van der Waals surface area contributed by atoms with E-state index in [1.807, 2.05) is 19.3 Å². The van der Waals surface area contributed by atoms with Crippen LogP contribution in [0, 0.1) is 17.8 Å². The number of carbonyl (C=O) groups excluding carboxylic acids is 2. The Morgan fingerprint density at radius 2 is 1.98 bits per heavy atom. The number of ketones is 1. The lowest BCUT2D eigenvalue weighted by Crippen LogP contribution is -2.70. The molecule has 0 aromatic carbocycles. The van der Waals surface area contributed by atoms with Crippen LogP contribution in [0.25, 0.3) is 0 Å². The van der Waals surface area contributed by atoms with Gasteiger partial charge in [0.05, 0.1) is 35.6 Å². The van der Waals surface area contributed by atoms with Gasteiger partial charge < -0.3 is 19.9 Å². The lowest BCUT2D eigenvalue weighted by molar-refractivity contribution is -0.214. The minimum Gasteiger partial charge on any atom is -0.370 e. The Bertz CT molecular complexity index is 1160. The Kier molecular flexibility index (Phi) is 9.48.